The van der Waals surface area contributed by atoms with Crippen molar-refractivity contribution >= 4 is 79.1 Å². The Morgan fingerprint density at radius 1 is 0.358 bits per heavy atom. The molecular formula is C57H44Cl3N7. The maximum absolute atomic E-state index is 5.60. The Balaban J connectivity index is 0.00000187. The van der Waals surface area contributed by atoms with Gasteiger partial charge in [-0.05, 0) is 97.5 Å². The van der Waals surface area contributed by atoms with Crippen LogP contribution in [0.1, 0.15) is 28.3 Å². The number of aromatic nitrogens is 7. The summed E-state index contributed by atoms with van der Waals surface area (Å²) in [5, 5.41) is 3.46. The van der Waals surface area contributed by atoms with Crippen LogP contribution in [0.25, 0.3) is 124 Å². The molecule has 0 atom stereocenters. The van der Waals surface area contributed by atoms with Gasteiger partial charge in [-0.3, -0.25) is 0 Å². The van der Waals surface area contributed by atoms with E-state index in [9.17, 15) is 0 Å². The van der Waals surface area contributed by atoms with Crippen LogP contribution in [-0.2, 0) is 21.1 Å². The van der Waals surface area contributed by atoms with Crippen LogP contribution >= 0.6 is 0 Å². The van der Waals surface area contributed by atoms with E-state index in [-0.39, 0.29) is 37.2 Å². The second-order valence-corrected chi connectivity index (χ2v) is 17.1. The third-order valence-corrected chi connectivity index (χ3v) is 12.8. The van der Waals surface area contributed by atoms with E-state index in [1.807, 2.05) is 0 Å². The lowest BCUT2D eigenvalue weighted by Gasteiger charge is -2.07. The molecule has 0 saturated carbocycles. The molecule has 0 unspecified atom stereocenters. The van der Waals surface area contributed by atoms with Crippen LogP contribution in [0.3, 0.4) is 0 Å². The summed E-state index contributed by atoms with van der Waals surface area (Å²) in [4.78, 5) is 19.0. The van der Waals surface area contributed by atoms with Crippen molar-refractivity contribution in [3.05, 3.63) is 186 Å². The molecular weight excluding hydrogens is 889 g/mol. The van der Waals surface area contributed by atoms with Crippen molar-refractivity contribution in [1.29, 1.82) is 0 Å². The minimum Gasteiger partial charge on any atom is -1.00 e. The molecule has 67 heavy (non-hydrogen) atoms. The standard InChI is InChI=1S/C57H44N7.3ClH/c1-35-17-19-36(20-18-35)54-43-21-23-45(58-43)55(40-29-37-11-5-8-14-51(37)62(2)32-40)47-25-27-49(60-47)57(42-31-39-13-7-10-16-53(39)64(4)34-42)50-28-26-48(61-50)56(46-24-22-44(54)59-46)41-30-38-12-6-9-15-52(38)63(3)33-41;;;/h5-34,58,61H,1-4H3;3*1H/q+3;;;/p-3. The highest BCUT2D eigenvalue weighted by atomic mass is 35.5. The van der Waals surface area contributed by atoms with Gasteiger partial charge >= 0.3 is 0 Å². The molecule has 12 rings (SSSR count). The Morgan fingerprint density at radius 3 is 0.985 bits per heavy atom. The number of hydrogen-bond acceptors (Lipinski definition) is 2. The topological polar surface area (TPSA) is 69.0 Å². The van der Waals surface area contributed by atoms with Crippen molar-refractivity contribution in [2.75, 3.05) is 0 Å². The number of H-pyrrole nitrogens is 2. The molecule has 10 aromatic rings. The lowest BCUT2D eigenvalue weighted by Crippen LogP contribution is -3.00. The summed E-state index contributed by atoms with van der Waals surface area (Å²) < 4.78 is 6.63. The Morgan fingerprint density at radius 2 is 0.657 bits per heavy atom. The summed E-state index contributed by atoms with van der Waals surface area (Å²) in [6, 6.07) is 50.0. The molecule has 2 N–H and O–H groups in total. The molecule has 0 fully saturated rings. The average Bonchev–Trinajstić information content (AvgIpc) is 4.16. The van der Waals surface area contributed by atoms with E-state index in [0.717, 1.165) is 122 Å². The van der Waals surface area contributed by atoms with Gasteiger partial charge in [0.2, 0.25) is 16.6 Å². The summed E-state index contributed by atoms with van der Waals surface area (Å²) in [6.07, 6.45) is 15.3. The minimum absolute atomic E-state index is 0. The molecule has 0 saturated heterocycles. The third kappa shape index (κ3) is 7.75. The van der Waals surface area contributed by atoms with Crippen LogP contribution in [0.2, 0.25) is 0 Å². The zero-order valence-electron chi connectivity index (χ0n) is 37.2. The number of pyridine rings is 3. The maximum atomic E-state index is 5.60. The van der Waals surface area contributed by atoms with E-state index in [0.29, 0.717) is 0 Å². The maximum Gasteiger partial charge on any atom is 0.212 e. The van der Waals surface area contributed by atoms with Gasteiger partial charge in [0.05, 0.1) is 39.5 Å². The van der Waals surface area contributed by atoms with Gasteiger partial charge in [0.15, 0.2) is 18.6 Å². The number of nitrogens with zero attached hydrogens (tertiary/aromatic N) is 5. The fourth-order valence-corrected chi connectivity index (χ4v) is 9.79. The first-order valence-corrected chi connectivity index (χ1v) is 21.7. The Hall–Kier alpha value is -7.42. The highest BCUT2D eigenvalue weighted by molar-refractivity contribution is 6.01. The lowest BCUT2D eigenvalue weighted by molar-refractivity contribution is -0.644. The number of halogens is 3. The minimum atomic E-state index is 0. The smallest absolute Gasteiger partial charge is 0.212 e. The van der Waals surface area contributed by atoms with Crippen molar-refractivity contribution in [2.45, 2.75) is 6.92 Å². The first kappa shape index (κ1) is 44.8. The molecule has 4 aromatic carbocycles. The van der Waals surface area contributed by atoms with Crippen LogP contribution in [0.4, 0.5) is 0 Å². The number of aromatic amines is 2. The highest BCUT2D eigenvalue weighted by Crippen LogP contribution is 2.39. The van der Waals surface area contributed by atoms with E-state index in [4.69, 9.17) is 9.97 Å². The number of benzene rings is 4. The average molecular weight is 933 g/mol. The summed E-state index contributed by atoms with van der Waals surface area (Å²) in [7, 11) is 6.35. The number of hydrogen-bond donors (Lipinski definition) is 2. The van der Waals surface area contributed by atoms with Crippen molar-refractivity contribution in [2.24, 2.45) is 21.1 Å². The van der Waals surface area contributed by atoms with Crippen LogP contribution < -0.4 is 50.9 Å². The first-order valence-electron chi connectivity index (χ1n) is 21.7. The Kier molecular flexibility index (Phi) is 11.9. The predicted octanol–water partition coefficient (Wildman–Crippen LogP) is 2.58. The predicted molar refractivity (Wildman–Crippen MR) is 261 cm³/mol. The van der Waals surface area contributed by atoms with Crippen molar-refractivity contribution in [3.63, 3.8) is 0 Å². The molecule has 2 aliphatic heterocycles. The molecule has 6 aromatic heterocycles. The van der Waals surface area contributed by atoms with Gasteiger partial charge in [0.25, 0.3) is 0 Å². The molecule has 2 aliphatic rings. The molecule has 0 radical (unpaired) electrons. The van der Waals surface area contributed by atoms with E-state index < -0.39 is 0 Å². The van der Waals surface area contributed by atoms with Gasteiger partial charge in [-0.15, -0.1) is 0 Å². The zero-order chi connectivity index (χ0) is 43.1. The second kappa shape index (κ2) is 17.8. The van der Waals surface area contributed by atoms with E-state index in [1.165, 1.54) is 5.56 Å². The van der Waals surface area contributed by atoms with Gasteiger partial charge in [-0.2, -0.15) is 0 Å². The molecule has 0 amide bonds. The van der Waals surface area contributed by atoms with Crippen molar-refractivity contribution in [1.82, 2.24) is 19.9 Å². The van der Waals surface area contributed by atoms with Gasteiger partial charge in [-0.25, -0.2) is 23.7 Å². The quantitative estimate of drug-likeness (QED) is 0.267. The summed E-state index contributed by atoms with van der Waals surface area (Å²) in [5.74, 6) is 0. The number of para-hydroxylation sites is 3. The largest absolute Gasteiger partial charge is 1.00 e. The molecule has 8 heterocycles. The number of nitrogens with one attached hydrogen (secondary N) is 2. The summed E-state index contributed by atoms with van der Waals surface area (Å²) in [5.41, 5.74) is 20.4. The van der Waals surface area contributed by atoms with Crippen LogP contribution in [0.15, 0.2) is 158 Å². The molecule has 10 heteroatoms. The zero-order valence-corrected chi connectivity index (χ0v) is 39.5. The molecule has 8 bridgehead atoms. The van der Waals surface area contributed by atoms with E-state index >= 15 is 0 Å². The Bertz CT molecular complexity index is 3760. The SMILES string of the molecule is Cc1ccc(-c2c3nc(c(-c4cc5ccccc5[n+](C)c4)c4ccc([nH]4)c(-c4cc5ccccc5[n+](C)c4)c4nc(c(-c5cc6ccccc6[n+](C)c5)c5ccc2[nH]5)C=C4)C=C3)cc1.[Cl-].[Cl-].[Cl-]. The van der Waals surface area contributed by atoms with E-state index in [1.54, 1.807) is 0 Å². The van der Waals surface area contributed by atoms with Crippen molar-refractivity contribution < 1.29 is 50.9 Å². The highest BCUT2D eigenvalue weighted by Gasteiger charge is 2.23. The Labute approximate surface area is 406 Å². The van der Waals surface area contributed by atoms with Gasteiger partial charge < -0.3 is 47.2 Å². The van der Waals surface area contributed by atoms with Crippen LogP contribution in [-0.4, -0.2) is 19.9 Å². The molecule has 7 nitrogen and oxygen atoms in total. The number of fused-ring (bicyclic) bond motifs is 11. The number of rotatable bonds is 4. The monoisotopic (exact) mass is 931 g/mol. The molecule has 0 aliphatic carbocycles. The molecule has 328 valence electrons. The van der Waals surface area contributed by atoms with Crippen LogP contribution in [0, 0.1) is 6.92 Å². The van der Waals surface area contributed by atoms with E-state index in [2.05, 4.69) is 234 Å². The fourth-order valence-electron chi connectivity index (χ4n) is 9.79. The first-order chi connectivity index (χ1) is 31.3. The van der Waals surface area contributed by atoms with Crippen molar-refractivity contribution in [3.8, 4) is 44.5 Å². The third-order valence-electron chi connectivity index (χ3n) is 12.8. The second-order valence-electron chi connectivity index (χ2n) is 17.1. The normalized spacial score (nSPS) is 11.7. The van der Waals surface area contributed by atoms with Gasteiger partial charge in [0.1, 0.15) is 21.1 Å². The fraction of sp³-hybridized carbons (Fsp3) is 0.0702. The number of aryl methyl sites for hydroxylation is 4. The van der Waals surface area contributed by atoms with Crippen LogP contribution in [0.5, 0.6) is 0 Å². The summed E-state index contributed by atoms with van der Waals surface area (Å²) in [6.45, 7) is 2.13. The van der Waals surface area contributed by atoms with Gasteiger partial charge in [0, 0.05) is 78.7 Å². The molecule has 0 spiro atoms. The summed E-state index contributed by atoms with van der Waals surface area (Å²) >= 11 is 0. The lowest BCUT2D eigenvalue weighted by atomic mass is 10.0. The van der Waals surface area contributed by atoms with Gasteiger partial charge in [-0.1, -0.05) is 66.2 Å².